The summed E-state index contributed by atoms with van der Waals surface area (Å²) in [4.78, 5) is 38.4. The highest BCUT2D eigenvalue weighted by Gasteiger charge is 2.30. The number of halogens is 1. The van der Waals surface area contributed by atoms with Crippen LogP contribution < -0.4 is 10.6 Å². The minimum Gasteiger partial charge on any atom is -0.481 e. The molecule has 172 valence electrons. The van der Waals surface area contributed by atoms with E-state index in [1.54, 1.807) is 24.0 Å². The van der Waals surface area contributed by atoms with E-state index in [2.05, 4.69) is 15.8 Å². The normalized spacial score (nSPS) is 20.8. The fourth-order valence-electron chi connectivity index (χ4n) is 3.96. The fourth-order valence-corrected chi connectivity index (χ4v) is 3.96. The van der Waals surface area contributed by atoms with Crippen molar-refractivity contribution >= 4 is 30.2 Å². The lowest BCUT2D eigenvalue weighted by molar-refractivity contribution is -0.139. The van der Waals surface area contributed by atoms with Crippen molar-refractivity contribution in [2.45, 2.75) is 38.5 Å². The van der Waals surface area contributed by atoms with Crippen molar-refractivity contribution < 1.29 is 24.0 Å². The average Bonchev–Trinajstić information content (AvgIpc) is 3.18. The molecule has 0 aliphatic carbocycles. The molecule has 0 saturated carbocycles. The topological polar surface area (TPSA) is 125 Å². The molecule has 3 rings (SSSR count). The molecule has 2 saturated heterocycles. The Morgan fingerprint density at radius 2 is 2.10 bits per heavy atom. The van der Waals surface area contributed by atoms with Gasteiger partial charge in [-0.3, -0.25) is 14.4 Å². The smallest absolute Gasteiger partial charge is 0.316 e. The summed E-state index contributed by atoms with van der Waals surface area (Å²) in [6.45, 7) is 4.55. The van der Waals surface area contributed by atoms with Gasteiger partial charge in [-0.05, 0) is 57.7 Å². The molecule has 2 aliphatic heterocycles. The number of carbonyl (C=O) groups is 3. The molecule has 0 spiro atoms. The first-order valence-electron chi connectivity index (χ1n) is 10.6. The van der Waals surface area contributed by atoms with Crippen LogP contribution in [0.15, 0.2) is 22.7 Å². The van der Waals surface area contributed by atoms with Crippen molar-refractivity contribution in [2.24, 2.45) is 11.8 Å². The predicted octanol–water partition coefficient (Wildman–Crippen LogP) is 1.48. The maximum atomic E-state index is 12.6. The fraction of sp³-hybridized carbons (Fsp3) is 0.619. The summed E-state index contributed by atoms with van der Waals surface area (Å²) in [5, 5.41) is 19.2. The number of aryl methyl sites for hydroxylation is 1. The number of carboxylic acids is 1. The molecule has 10 heteroatoms. The Morgan fingerprint density at radius 1 is 1.35 bits per heavy atom. The van der Waals surface area contributed by atoms with Gasteiger partial charge in [-0.15, -0.1) is 12.4 Å². The molecule has 2 atom stereocenters. The van der Waals surface area contributed by atoms with Crippen molar-refractivity contribution in [2.75, 3.05) is 32.7 Å². The number of amides is 2. The van der Waals surface area contributed by atoms with Crippen LogP contribution in [0.3, 0.4) is 0 Å². The summed E-state index contributed by atoms with van der Waals surface area (Å²) >= 11 is 0. The predicted molar refractivity (Wildman–Crippen MR) is 116 cm³/mol. The molecule has 0 bridgehead atoms. The minimum atomic E-state index is -1.09. The molecule has 31 heavy (non-hydrogen) atoms. The zero-order chi connectivity index (χ0) is 21.5. The van der Waals surface area contributed by atoms with Gasteiger partial charge in [0.2, 0.25) is 11.8 Å². The third kappa shape index (κ3) is 7.07. The van der Waals surface area contributed by atoms with Gasteiger partial charge >= 0.3 is 5.97 Å². The lowest BCUT2D eigenvalue weighted by atomic mass is 9.95. The third-order valence-corrected chi connectivity index (χ3v) is 5.77. The molecule has 2 fully saturated rings. The molecule has 2 amide bonds. The van der Waals surface area contributed by atoms with Gasteiger partial charge in [-0.1, -0.05) is 11.2 Å². The number of rotatable bonds is 7. The van der Waals surface area contributed by atoms with E-state index in [9.17, 15) is 19.5 Å². The number of carbonyl (C=O) groups excluding carboxylic acids is 2. The van der Waals surface area contributed by atoms with E-state index in [4.69, 9.17) is 4.52 Å². The van der Waals surface area contributed by atoms with Crippen LogP contribution in [-0.4, -0.2) is 65.7 Å². The number of nitrogens with zero attached hydrogens (tertiary/aromatic N) is 2. The molecule has 2 aliphatic rings. The summed E-state index contributed by atoms with van der Waals surface area (Å²) < 4.78 is 5.04. The van der Waals surface area contributed by atoms with Crippen LogP contribution >= 0.6 is 12.4 Å². The summed E-state index contributed by atoms with van der Waals surface area (Å²) in [6, 6.07) is 1.56. The van der Waals surface area contributed by atoms with Gasteiger partial charge < -0.3 is 25.2 Å². The van der Waals surface area contributed by atoms with Gasteiger partial charge in [0.1, 0.15) is 5.92 Å². The molecule has 9 nitrogen and oxygen atoms in total. The molecule has 0 unspecified atom stereocenters. The molecule has 3 N–H and O–H groups in total. The first-order valence-corrected chi connectivity index (χ1v) is 10.6. The van der Waals surface area contributed by atoms with E-state index >= 15 is 0 Å². The van der Waals surface area contributed by atoms with Crippen LogP contribution in [0, 0.1) is 18.8 Å². The van der Waals surface area contributed by atoms with Crippen molar-refractivity contribution in [3.05, 3.63) is 29.7 Å². The van der Waals surface area contributed by atoms with Crippen LogP contribution in [0.2, 0.25) is 0 Å². The maximum Gasteiger partial charge on any atom is 0.316 e. The van der Waals surface area contributed by atoms with Gasteiger partial charge in [0.15, 0.2) is 5.76 Å². The number of likely N-dealkylation sites (tertiary alicyclic amines) is 1. The quantitative estimate of drug-likeness (QED) is 0.533. The van der Waals surface area contributed by atoms with E-state index in [0.717, 1.165) is 32.4 Å². The SMILES string of the molecule is Cc1cc([C@H](CNC(=O)[C@@H]2CCCN(C(=O)/C=C/C3CCNCC3)C2)C(=O)O)on1.Cl. The van der Waals surface area contributed by atoms with Gasteiger partial charge in [0.05, 0.1) is 11.6 Å². The Hall–Kier alpha value is -2.39. The Morgan fingerprint density at radius 3 is 2.74 bits per heavy atom. The maximum absolute atomic E-state index is 12.6. The minimum absolute atomic E-state index is 0. The number of allylic oxidation sites excluding steroid dienone is 1. The Labute approximate surface area is 188 Å². The molecular formula is C21H31ClN4O5. The van der Waals surface area contributed by atoms with Gasteiger partial charge in [-0.25, -0.2) is 0 Å². The second-order valence-corrected chi connectivity index (χ2v) is 8.08. The zero-order valence-electron chi connectivity index (χ0n) is 17.7. The highest BCUT2D eigenvalue weighted by atomic mass is 35.5. The van der Waals surface area contributed by atoms with Crippen LogP contribution in [0.5, 0.6) is 0 Å². The average molecular weight is 455 g/mol. The zero-order valence-corrected chi connectivity index (χ0v) is 18.5. The number of hydrogen-bond donors (Lipinski definition) is 3. The van der Waals surface area contributed by atoms with Gasteiger partial charge in [0, 0.05) is 25.7 Å². The monoisotopic (exact) mass is 454 g/mol. The lowest BCUT2D eigenvalue weighted by Crippen LogP contribution is -2.46. The first kappa shape index (κ1) is 24.9. The van der Waals surface area contributed by atoms with Crippen LogP contribution in [0.25, 0.3) is 0 Å². The van der Waals surface area contributed by atoms with Crippen molar-refractivity contribution in [1.82, 2.24) is 20.7 Å². The molecule has 0 aromatic carbocycles. The van der Waals surface area contributed by atoms with E-state index in [0.29, 0.717) is 31.1 Å². The van der Waals surface area contributed by atoms with Gasteiger partial charge in [0.25, 0.3) is 0 Å². The number of nitrogens with one attached hydrogen (secondary N) is 2. The van der Waals surface area contributed by atoms with Crippen LogP contribution in [0.1, 0.15) is 43.1 Å². The number of piperidine rings is 2. The summed E-state index contributed by atoms with van der Waals surface area (Å²) in [5.41, 5.74) is 0.585. The molecular weight excluding hydrogens is 424 g/mol. The number of aliphatic carboxylic acids is 1. The number of hydrogen-bond acceptors (Lipinski definition) is 6. The van der Waals surface area contributed by atoms with E-state index in [1.807, 2.05) is 6.08 Å². The molecule has 1 aromatic heterocycles. The second kappa shape index (κ2) is 11.9. The Balaban J connectivity index is 0.00000341. The van der Waals surface area contributed by atoms with Crippen molar-refractivity contribution in [1.29, 1.82) is 0 Å². The molecule has 3 heterocycles. The van der Waals surface area contributed by atoms with Gasteiger partial charge in [-0.2, -0.15) is 0 Å². The van der Waals surface area contributed by atoms with E-state index in [1.165, 1.54) is 0 Å². The standard InChI is InChI=1S/C21H30N4O5.ClH/c1-14-11-18(30-24-14)17(21(28)29)12-23-20(27)16-3-2-10-25(13-16)19(26)5-4-15-6-8-22-9-7-15;/h4-5,11,15-17,22H,2-3,6-10,12-13H2,1H3,(H,23,27)(H,28,29);1H/b5-4+;/t16-,17+;/m1./s1. The second-order valence-electron chi connectivity index (χ2n) is 8.08. The van der Waals surface area contributed by atoms with E-state index < -0.39 is 11.9 Å². The summed E-state index contributed by atoms with van der Waals surface area (Å²) in [6.07, 6.45) is 7.11. The summed E-state index contributed by atoms with van der Waals surface area (Å²) in [7, 11) is 0. The highest BCUT2D eigenvalue weighted by molar-refractivity contribution is 5.88. The largest absolute Gasteiger partial charge is 0.481 e. The van der Waals surface area contributed by atoms with Crippen molar-refractivity contribution in [3.8, 4) is 0 Å². The number of aromatic nitrogens is 1. The summed E-state index contributed by atoms with van der Waals surface area (Å²) in [5.74, 6) is -2.10. The first-order chi connectivity index (χ1) is 14.4. The Kier molecular flexibility index (Phi) is 9.51. The van der Waals surface area contributed by atoms with E-state index in [-0.39, 0.29) is 42.4 Å². The number of carboxylic acid groups (broad SMARTS) is 1. The highest BCUT2D eigenvalue weighted by Crippen LogP contribution is 2.20. The Bertz CT molecular complexity index is 790. The molecule has 0 radical (unpaired) electrons. The molecule has 1 aromatic rings. The lowest BCUT2D eigenvalue weighted by Gasteiger charge is -2.31. The van der Waals surface area contributed by atoms with Crippen LogP contribution in [0.4, 0.5) is 0 Å². The van der Waals surface area contributed by atoms with Crippen LogP contribution in [-0.2, 0) is 14.4 Å². The van der Waals surface area contributed by atoms with Crippen molar-refractivity contribution in [3.63, 3.8) is 0 Å². The third-order valence-electron chi connectivity index (χ3n) is 5.77.